The van der Waals surface area contributed by atoms with Gasteiger partial charge in [-0.2, -0.15) is 5.26 Å². The van der Waals surface area contributed by atoms with Crippen LogP contribution in [0.25, 0.3) is 10.6 Å². The van der Waals surface area contributed by atoms with Gasteiger partial charge in [-0.15, -0.1) is 11.3 Å². The van der Waals surface area contributed by atoms with Crippen LogP contribution in [0.5, 0.6) is 0 Å². The van der Waals surface area contributed by atoms with Gasteiger partial charge < -0.3 is 0 Å². The maximum absolute atomic E-state index is 11.3. The molecule has 2 aromatic rings. The molecule has 0 fully saturated rings. The number of ketones is 1. The summed E-state index contributed by atoms with van der Waals surface area (Å²) >= 11 is 3.06. The molecule has 2 aromatic heterocycles. The van der Waals surface area contributed by atoms with E-state index in [-0.39, 0.29) is 5.78 Å². The number of thioether (sulfide) groups is 1. The first kappa shape index (κ1) is 15.3. The van der Waals surface area contributed by atoms with Gasteiger partial charge in [-0.1, -0.05) is 17.8 Å². The van der Waals surface area contributed by atoms with E-state index in [2.05, 4.69) is 12.1 Å². The van der Waals surface area contributed by atoms with Crippen molar-refractivity contribution in [2.45, 2.75) is 37.6 Å². The highest BCUT2D eigenvalue weighted by Gasteiger charge is 2.23. The zero-order chi connectivity index (χ0) is 15.5. The van der Waals surface area contributed by atoms with Gasteiger partial charge in [-0.05, 0) is 55.2 Å². The minimum atomic E-state index is 0.103. The molecule has 3 rings (SSSR count). The zero-order valence-corrected chi connectivity index (χ0v) is 14.0. The van der Waals surface area contributed by atoms with E-state index >= 15 is 0 Å². The molecule has 22 heavy (non-hydrogen) atoms. The number of aromatic nitrogens is 1. The number of hydrogen-bond donors (Lipinski definition) is 0. The van der Waals surface area contributed by atoms with Crippen LogP contribution >= 0.6 is 23.1 Å². The molecule has 2 heterocycles. The van der Waals surface area contributed by atoms with Crippen molar-refractivity contribution in [2.75, 3.05) is 5.75 Å². The van der Waals surface area contributed by atoms with Crippen molar-refractivity contribution in [2.24, 2.45) is 0 Å². The minimum Gasteiger partial charge on any atom is -0.299 e. The predicted octanol–water partition coefficient (Wildman–Crippen LogP) is 4.24. The Balaban J connectivity index is 2.16. The fraction of sp³-hybridized carbons (Fsp3) is 0.353. The first-order valence-corrected chi connectivity index (χ1v) is 9.19. The molecule has 0 aliphatic heterocycles. The van der Waals surface area contributed by atoms with Crippen LogP contribution in [0, 0.1) is 11.3 Å². The highest BCUT2D eigenvalue weighted by Crippen LogP contribution is 2.37. The number of carbonyl (C=O) groups excluding carboxylic acids is 1. The highest BCUT2D eigenvalue weighted by atomic mass is 32.2. The molecule has 0 saturated carbocycles. The van der Waals surface area contributed by atoms with E-state index in [1.165, 1.54) is 17.3 Å². The smallest absolute Gasteiger partial charge is 0.140 e. The number of nitrogens with zero attached hydrogens (tertiary/aromatic N) is 2. The second-order valence-corrected chi connectivity index (χ2v) is 7.30. The van der Waals surface area contributed by atoms with E-state index in [0.29, 0.717) is 16.3 Å². The largest absolute Gasteiger partial charge is 0.299 e. The molecule has 0 atom stereocenters. The van der Waals surface area contributed by atoms with Crippen LogP contribution in [0.2, 0.25) is 0 Å². The summed E-state index contributed by atoms with van der Waals surface area (Å²) in [6, 6.07) is 6.43. The Bertz CT molecular complexity index is 745. The fourth-order valence-corrected chi connectivity index (χ4v) is 4.35. The Morgan fingerprint density at radius 3 is 2.82 bits per heavy atom. The molecule has 0 saturated heterocycles. The molecule has 1 aliphatic carbocycles. The SMILES string of the molecule is CC(=O)CSc1nc(-c2cccs2)c2c(c1C#N)CCCC2. The Morgan fingerprint density at radius 1 is 1.41 bits per heavy atom. The number of rotatable bonds is 4. The fourth-order valence-electron chi connectivity index (χ4n) is 2.80. The molecule has 0 aromatic carbocycles. The van der Waals surface area contributed by atoms with Crippen molar-refractivity contribution in [3.8, 4) is 16.6 Å². The molecule has 3 nitrogen and oxygen atoms in total. The molecule has 0 amide bonds. The van der Waals surface area contributed by atoms with Crippen LogP contribution in [0.1, 0.15) is 36.5 Å². The van der Waals surface area contributed by atoms with Gasteiger partial charge in [0.2, 0.25) is 0 Å². The second-order valence-electron chi connectivity index (χ2n) is 5.38. The van der Waals surface area contributed by atoms with E-state index in [1.807, 2.05) is 11.4 Å². The molecule has 0 spiro atoms. The summed E-state index contributed by atoms with van der Waals surface area (Å²) in [4.78, 5) is 17.2. The maximum atomic E-state index is 11.3. The molecule has 5 heteroatoms. The lowest BCUT2D eigenvalue weighted by Gasteiger charge is -2.21. The van der Waals surface area contributed by atoms with Crippen LogP contribution < -0.4 is 0 Å². The monoisotopic (exact) mass is 328 g/mol. The molecular formula is C17H16N2OS2. The molecular weight excluding hydrogens is 312 g/mol. The Labute approximate surface area is 138 Å². The number of hydrogen-bond acceptors (Lipinski definition) is 5. The number of fused-ring (bicyclic) bond motifs is 1. The second kappa shape index (κ2) is 6.64. The van der Waals surface area contributed by atoms with Crippen molar-refractivity contribution in [1.29, 1.82) is 5.26 Å². The van der Waals surface area contributed by atoms with Gasteiger partial charge in [0.15, 0.2) is 0 Å². The number of carbonyl (C=O) groups is 1. The van der Waals surface area contributed by atoms with Gasteiger partial charge >= 0.3 is 0 Å². The topological polar surface area (TPSA) is 53.8 Å². The predicted molar refractivity (Wildman–Crippen MR) is 90.3 cm³/mol. The quantitative estimate of drug-likeness (QED) is 0.788. The van der Waals surface area contributed by atoms with Crippen molar-refractivity contribution in [3.63, 3.8) is 0 Å². The Morgan fingerprint density at radius 2 is 2.18 bits per heavy atom. The minimum absolute atomic E-state index is 0.103. The lowest BCUT2D eigenvalue weighted by molar-refractivity contribution is -0.114. The number of pyridine rings is 1. The van der Waals surface area contributed by atoms with Crippen molar-refractivity contribution < 1.29 is 4.79 Å². The van der Waals surface area contributed by atoms with Gasteiger partial charge in [0.05, 0.1) is 21.9 Å². The van der Waals surface area contributed by atoms with Gasteiger partial charge in [-0.25, -0.2) is 4.98 Å². The molecule has 1 aliphatic rings. The number of Topliss-reactive ketones (excluding diaryl/α,β-unsaturated/α-hetero) is 1. The molecule has 0 N–H and O–H groups in total. The molecule has 112 valence electrons. The normalized spacial score (nSPS) is 13.5. The van der Waals surface area contributed by atoms with Gasteiger partial charge in [0.25, 0.3) is 0 Å². The molecule has 0 unspecified atom stereocenters. The van der Waals surface area contributed by atoms with Gasteiger partial charge in [0.1, 0.15) is 16.9 Å². The first-order chi connectivity index (χ1) is 10.7. The summed E-state index contributed by atoms with van der Waals surface area (Å²) in [5.41, 5.74) is 4.08. The van der Waals surface area contributed by atoms with E-state index in [0.717, 1.165) is 41.8 Å². The van der Waals surface area contributed by atoms with Crippen molar-refractivity contribution in [3.05, 3.63) is 34.2 Å². The van der Waals surface area contributed by atoms with Gasteiger partial charge in [-0.3, -0.25) is 4.79 Å². The van der Waals surface area contributed by atoms with Gasteiger partial charge in [0, 0.05) is 0 Å². The third-order valence-corrected chi connectivity index (χ3v) is 5.76. The number of nitriles is 1. The third kappa shape index (κ3) is 2.94. The van der Waals surface area contributed by atoms with Crippen molar-refractivity contribution >= 4 is 28.9 Å². The molecule has 0 bridgehead atoms. The van der Waals surface area contributed by atoms with Crippen LogP contribution in [0.3, 0.4) is 0 Å². The van der Waals surface area contributed by atoms with Crippen molar-refractivity contribution in [1.82, 2.24) is 4.98 Å². The third-order valence-electron chi connectivity index (χ3n) is 3.76. The standard InChI is InChI=1S/C17H16N2OS2/c1-11(20)10-22-17-14(9-18)12-5-2-3-6-13(12)16(19-17)15-7-4-8-21-15/h4,7-8H,2-3,5-6,10H2,1H3. The first-order valence-electron chi connectivity index (χ1n) is 7.32. The van der Waals surface area contributed by atoms with E-state index in [9.17, 15) is 10.1 Å². The summed E-state index contributed by atoms with van der Waals surface area (Å²) in [7, 11) is 0. The number of thiophene rings is 1. The average Bonchev–Trinajstić information content (AvgIpc) is 3.05. The summed E-state index contributed by atoms with van der Waals surface area (Å²) < 4.78 is 0. The maximum Gasteiger partial charge on any atom is 0.140 e. The summed E-state index contributed by atoms with van der Waals surface area (Å²) in [6.45, 7) is 1.57. The van der Waals surface area contributed by atoms with Crippen LogP contribution in [0.15, 0.2) is 22.5 Å². The molecule has 0 radical (unpaired) electrons. The zero-order valence-electron chi connectivity index (χ0n) is 12.4. The summed E-state index contributed by atoms with van der Waals surface area (Å²) in [5, 5.41) is 12.3. The highest BCUT2D eigenvalue weighted by molar-refractivity contribution is 8.00. The van der Waals surface area contributed by atoms with Crippen LogP contribution in [-0.4, -0.2) is 16.5 Å². The van der Waals surface area contributed by atoms with Crippen LogP contribution in [-0.2, 0) is 17.6 Å². The van der Waals surface area contributed by atoms with E-state index in [1.54, 1.807) is 18.3 Å². The lowest BCUT2D eigenvalue weighted by atomic mass is 9.88. The van der Waals surface area contributed by atoms with E-state index in [4.69, 9.17) is 4.98 Å². The summed E-state index contributed by atoms with van der Waals surface area (Å²) in [5.74, 6) is 0.468. The summed E-state index contributed by atoms with van der Waals surface area (Å²) in [6.07, 6.45) is 4.19. The Kier molecular flexibility index (Phi) is 4.60. The average molecular weight is 328 g/mol. The van der Waals surface area contributed by atoms with Crippen LogP contribution in [0.4, 0.5) is 0 Å². The van der Waals surface area contributed by atoms with E-state index < -0.39 is 0 Å². The lowest BCUT2D eigenvalue weighted by Crippen LogP contribution is -2.10. The Hall–Kier alpha value is -1.64.